The van der Waals surface area contributed by atoms with E-state index < -0.39 is 29.4 Å². The van der Waals surface area contributed by atoms with Crippen molar-refractivity contribution in [3.05, 3.63) is 42.2 Å². The molecule has 1 rings (SSSR count). The predicted molar refractivity (Wildman–Crippen MR) is 62.6 cm³/mol. The zero-order valence-corrected chi connectivity index (χ0v) is 9.77. The molecule has 1 unspecified atom stereocenters. The molecule has 0 radical (unpaired) electrons. The van der Waals surface area contributed by atoms with Gasteiger partial charge in [0.25, 0.3) is 0 Å². The van der Waals surface area contributed by atoms with Crippen LogP contribution < -0.4 is 10.6 Å². The molecule has 0 saturated carbocycles. The van der Waals surface area contributed by atoms with Gasteiger partial charge >= 0.3 is 0 Å². The van der Waals surface area contributed by atoms with E-state index in [4.69, 9.17) is 0 Å². The number of halogens is 3. The molecule has 0 saturated heterocycles. The number of anilines is 1. The molecule has 1 amide bonds. The van der Waals surface area contributed by atoms with Crippen LogP contribution in [0.5, 0.6) is 0 Å². The normalized spacial score (nSPS) is 11.8. The molecule has 2 N–H and O–H groups in total. The molecule has 0 aliphatic heterocycles. The Kier molecular flexibility index (Phi) is 4.76. The highest BCUT2D eigenvalue weighted by molar-refractivity contribution is 5.84. The lowest BCUT2D eigenvalue weighted by Crippen LogP contribution is -2.37. The van der Waals surface area contributed by atoms with Gasteiger partial charge in [0, 0.05) is 18.7 Å². The Morgan fingerprint density at radius 1 is 1.33 bits per heavy atom. The van der Waals surface area contributed by atoms with Crippen LogP contribution in [0.4, 0.5) is 18.9 Å². The fraction of sp³-hybridized carbons (Fsp3) is 0.250. The van der Waals surface area contributed by atoms with Crippen LogP contribution in [0.15, 0.2) is 24.8 Å². The monoisotopic (exact) mass is 258 g/mol. The first-order valence-corrected chi connectivity index (χ1v) is 5.25. The van der Waals surface area contributed by atoms with Crippen molar-refractivity contribution in [1.82, 2.24) is 5.32 Å². The summed E-state index contributed by atoms with van der Waals surface area (Å²) < 4.78 is 38.9. The summed E-state index contributed by atoms with van der Waals surface area (Å²) in [4.78, 5) is 11.5. The molecule has 0 fully saturated rings. The molecule has 0 bridgehead atoms. The average Bonchev–Trinajstić information content (AvgIpc) is 2.32. The molecule has 0 aliphatic carbocycles. The van der Waals surface area contributed by atoms with Crippen molar-refractivity contribution < 1.29 is 18.0 Å². The van der Waals surface area contributed by atoms with Crippen molar-refractivity contribution in [1.29, 1.82) is 0 Å². The number of amides is 1. The minimum absolute atomic E-state index is 0.268. The van der Waals surface area contributed by atoms with Crippen LogP contribution in [0.2, 0.25) is 0 Å². The van der Waals surface area contributed by atoms with E-state index in [1.165, 1.54) is 13.0 Å². The fourth-order valence-electron chi connectivity index (χ4n) is 1.26. The fourth-order valence-corrected chi connectivity index (χ4v) is 1.26. The van der Waals surface area contributed by atoms with Crippen LogP contribution in [-0.4, -0.2) is 18.5 Å². The van der Waals surface area contributed by atoms with Gasteiger partial charge in [0.05, 0.1) is 5.69 Å². The van der Waals surface area contributed by atoms with Crippen LogP contribution in [0.25, 0.3) is 0 Å². The van der Waals surface area contributed by atoms with Crippen molar-refractivity contribution in [3.63, 3.8) is 0 Å². The van der Waals surface area contributed by atoms with Gasteiger partial charge in [-0.1, -0.05) is 6.08 Å². The van der Waals surface area contributed by atoms with Gasteiger partial charge in [-0.15, -0.1) is 6.58 Å². The molecule has 3 nitrogen and oxygen atoms in total. The van der Waals surface area contributed by atoms with Gasteiger partial charge in [-0.3, -0.25) is 4.79 Å². The van der Waals surface area contributed by atoms with Gasteiger partial charge in [-0.25, -0.2) is 13.2 Å². The molecule has 0 aliphatic rings. The van der Waals surface area contributed by atoms with Crippen molar-refractivity contribution in [2.24, 2.45) is 0 Å². The summed E-state index contributed by atoms with van der Waals surface area (Å²) in [5.41, 5.74) is -0.268. The first-order valence-electron chi connectivity index (χ1n) is 5.25. The van der Waals surface area contributed by atoms with E-state index in [0.717, 1.165) is 0 Å². The Hall–Kier alpha value is -1.98. The second kappa shape index (κ2) is 6.09. The van der Waals surface area contributed by atoms with Crippen LogP contribution in [0.1, 0.15) is 6.92 Å². The van der Waals surface area contributed by atoms with Gasteiger partial charge in [0.1, 0.15) is 11.9 Å². The zero-order chi connectivity index (χ0) is 13.7. The minimum Gasteiger partial charge on any atom is -0.371 e. The minimum atomic E-state index is -1.28. The maximum atomic E-state index is 13.3. The molecular formula is C12H13F3N2O. The molecule has 0 aromatic heterocycles. The average molecular weight is 258 g/mol. The number of rotatable bonds is 5. The first kappa shape index (κ1) is 14.1. The second-order valence-corrected chi connectivity index (χ2v) is 3.65. The molecule has 98 valence electrons. The zero-order valence-electron chi connectivity index (χ0n) is 9.77. The van der Waals surface area contributed by atoms with E-state index in [1.54, 1.807) is 0 Å². The standard InChI is InChI=1S/C12H13F3N2O/c1-3-4-16-12(18)7(2)17-11-6-9(14)8(13)5-10(11)15/h3,5-7,17H,1,4H2,2H3,(H,16,18). The number of benzene rings is 1. The molecule has 6 heteroatoms. The first-order chi connectivity index (χ1) is 8.45. The highest BCUT2D eigenvalue weighted by atomic mass is 19.2. The number of hydrogen-bond acceptors (Lipinski definition) is 2. The SMILES string of the molecule is C=CCNC(=O)C(C)Nc1cc(F)c(F)cc1F. The second-order valence-electron chi connectivity index (χ2n) is 3.65. The molecule has 1 aromatic rings. The predicted octanol–water partition coefficient (Wildman–Crippen LogP) is 2.21. The molecular weight excluding hydrogens is 245 g/mol. The quantitative estimate of drug-likeness (QED) is 0.628. The maximum absolute atomic E-state index is 13.3. The summed E-state index contributed by atoms with van der Waals surface area (Å²) in [5.74, 6) is -3.82. The highest BCUT2D eigenvalue weighted by Gasteiger charge is 2.15. The van der Waals surface area contributed by atoms with Gasteiger partial charge in [-0.2, -0.15) is 0 Å². The van der Waals surface area contributed by atoms with E-state index >= 15 is 0 Å². The van der Waals surface area contributed by atoms with Gasteiger partial charge in [0.15, 0.2) is 11.6 Å². The highest BCUT2D eigenvalue weighted by Crippen LogP contribution is 2.19. The Bertz CT molecular complexity index is 463. The van der Waals surface area contributed by atoms with Crippen molar-refractivity contribution >= 4 is 11.6 Å². The van der Waals surface area contributed by atoms with Crippen molar-refractivity contribution in [2.75, 3.05) is 11.9 Å². The van der Waals surface area contributed by atoms with Crippen molar-refractivity contribution in [2.45, 2.75) is 13.0 Å². The lowest BCUT2D eigenvalue weighted by Gasteiger charge is -2.15. The third-order valence-corrected chi connectivity index (χ3v) is 2.20. The Labute approximate surface area is 103 Å². The maximum Gasteiger partial charge on any atom is 0.242 e. The summed E-state index contributed by atoms with van der Waals surface area (Å²) in [6.07, 6.45) is 1.49. The molecule has 1 atom stereocenters. The summed E-state index contributed by atoms with van der Waals surface area (Å²) in [6, 6.07) is 0.304. The van der Waals surface area contributed by atoms with Crippen LogP contribution in [0.3, 0.4) is 0 Å². The van der Waals surface area contributed by atoms with Crippen LogP contribution >= 0.6 is 0 Å². The van der Waals surface area contributed by atoms with Crippen molar-refractivity contribution in [3.8, 4) is 0 Å². The summed E-state index contributed by atoms with van der Waals surface area (Å²) >= 11 is 0. The van der Waals surface area contributed by atoms with Gasteiger partial charge in [0.2, 0.25) is 5.91 Å². The Morgan fingerprint density at radius 2 is 1.94 bits per heavy atom. The third kappa shape index (κ3) is 3.51. The summed E-state index contributed by atoms with van der Waals surface area (Å²) in [5, 5.41) is 4.95. The molecule has 0 heterocycles. The van der Waals surface area contributed by atoms with E-state index in [1.807, 2.05) is 0 Å². The van der Waals surface area contributed by atoms with E-state index in [-0.39, 0.29) is 12.2 Å². The van der Waals surface area contributed by atoms with Gasteiger partial charge in [-0.05, 0) is 6.92 Å². The molecule has 1 aromatic carbocycles. The van der Waals surface area contributed by atoms with E-state index in [0.29, 0.717) is 12.1 Å². The summed E-state index contributed by atoms with van der Waals surface area (Å²) in [7, 11) is 0. The summed E-state index contributed by atoms with van der Waals surface area (Å²) in [6.45, 7) is 5.17. The van der Waals surface area contributed by atoms with Crippen LogP contribution in [-0.2, 0) is 4.79 Å². The Morgan fingerprint density at radius 3 is 2.56 bits per heavy atom. The number of nitrogens with one attached hydrogen (secondary N) is 2. The largest absolute Gasteiger partial charge is 0.371 e. The smallest absolute Gasteiger partial charge is 0.242 e. The number of carbonyl (C=O) groups excluding carboxylic acids is 1. The van der Waals surface area contributed by atoms with E-state index in [2.05, 4.69) is 17.2 Å². The lowest BCUT2D eigenvalue weighted by molar-refractivity contribution is -0.121. The number of carbonyl (C=O) groups is 1. The van der Waals surface area contributed by atoms with Gasteiger partial charge < -0.3 is 10.6 Å². The lowest BCUT2D eigenvalue weighted by atomic mass is 10.2. The molecule has 18 heavy (non-hydrogen) atoms. The topological polar surface area (TPSA) is 41.1 Å². The number of hydrogen-bond donors (Lipinski definition) is 2. The van der Waals surface area contributed by atoms with E-state index in [9.17, 15) is 18.0 Å². The third-order valence-electron chi connectivity index (χ3n) is 2.20. The molecule has 0 spiro atoms. The Balaban J connectivity index is 2.75. The van der Waals surface area contributed by atoms with Crippen LogP contribution in [0, 0.1) is 17.5 Å².